The van der Waals surface area contributed by atoms with E-state index < -0.39 is 8.32 Å². The lowest BCUT2D eigenvalue weighted by molar-refractivity contribution is 0.278. The molecule has 1 heterocycles. The number of rotatable bonds is 3. The highest BCUT2D eigenvalue weighted by molar-refractivity contribution is 7.09. The second kappa shape index (κ2) is 4.35. The maximum absolute atomic E-state index is 6.13. The van der Waals surface area contributed by atoms with E-state index in [2.05, 4.69) is 38.8 Å². The number of hydrogen-bond acceptors (Lipinski definition) is 3. The van der Waals surface area contributed by atoms with Crippen LogP contribution < -0.4 is 0 Å². The summed E-state index contributed by atoms with van der Waals surface area (Å²) in [6.07, 6.45) is 0. The first-order chi connectivity index (χ1) is 6.74. The average Bonchev–Trinajstić information content (AvgIpc) is 2.46. The van der Waals surface area contributed by atoms with Crippen molar-refractivity contribution in [2.45, 2.75) is 52.4 Å². The van der Waals surface area contributed by atoms with Gasteiger partial charge in [0.2, 0.25) is 0 Å². The Hall–Kier alpha value is -0.193. The van der Waals surface area contributed by atoms with Crippen LogP contribution in [0, 0.1) is 6.92 Å². The SMILES string of the molecule is Cc1ncsc1CO[Si](C)(C)C(C)(C)C. The molecule has 1 aromatic rings. The highest BCUT2D eigenvalue weighted by Gasteiger charge is 2.37. The Labute approximate surface area is 97.8 Å². The number of aryl methyl sites for hydroxylation is 1. The third-order valence-corrected chi connectivity index (χ3v) is 8.60. The van der Waals surface area contributed by atoms with E-state index in [4.69, 9.17) is 4.43 Å². The predicted octanol–water partition coefficient (Wildman–Crippen LogP) is 3.97. The molecule has 0 bridgehead atoms. The molecule has 0 saturated heterocycles. The lowest BCUT2D eigenvalue weighted by atomic mass is 10.2. The minimum atomic E-state index is -1.61. The summed E-state index contributed by atoms with van der Waals surface area (Å²) in [4.78, 5) is 5.50. The first-order valence-electron chi connectivity index (χ1n) is 5.27. The minimum absolute atomic E-state index is 0.283. The third-order valence-electron chi connectivity index (χ3n) is 3.22. The summed E-state index contributed by atoms with van der Waals surface area (Å²) < 4.78 is 6.13. The van der Waals surface area contributed by atoms with Crippen LogP contribution in [0.3, 0.4) is 0 Å². The van der Waals surface area contributed by atoms with Gasteiger partial charge in [0.05, 0.1) is 22.7 Å². The largest absolute Gasteiger partial charge is 0.412 e. The maximum Gasteiger partial charge on any atom is 0.192 e. The lowest BCUT2D eigenvalue weighted by Gasteiger charge is -2.36. The molecule has 0 spiro atoms. The molecule has 0 saturated carbocycles. The summed E-state index contributed by atoms with van der Waals surface area (Å²) in [6.45, 7) is 14.1. The van der Waals surface area contributed by atoms with Crippen molar-refractivity contribution in [2.24, 2.45) is 0 Å². The molecule has 0 N–H and O–H groups in total. The van der Waals surface area contributed by atoms with E-state index in [1.165, 1.54) is 4.88 Å². The van der Waals surface area contributed by atoms with Crippen LogP contribution in [0.4, 0.5) is 0 Å². The van der Waals surface area contributed by atoms with Crippen LogP contribution in [0.2, 0.25) is 18.1 Å². The Bertz CT molecular complexity index is 328. The number of aromatic nitrogens is 1. The molecule has 0 aliphatic rings. The zero-order valence-electron chi connectivity index (χ0n) is 10.5. The van der Waals surface area contributed by atoms with E-state index in [0.29, 0.717) is 0 Å². The highest BCUT2D eigenvalue weighted by atomic mass is 32.1. The van der Waals surface area contributed by atoms with E-state index in [0.717, 1.165) is 12.3 Å². The fourth-order valence-corrected chi connectivity index (χ4v) is 2.66. The van der Waals surface area contributed by atoms with Gasteiger partial charge in [-0.3, -0.25) is 0 Å². The van der Waals surface area contributed by atoms with Crippen LogP contribution in [0.25, 0.3) is 0 Å². The van der Waals surface area contributed by atoms with Crippen LogP contribution in [-0.4, -0.2) is 13.3 Å². The molecule has 0 aliphatic carbocycles. The van der Waals surface area contributed by atoms with Crippen molar-refractivity contribution >= 4 is 19.7 Å². The van der Waals surface area contributed by atoms with Gasteiger partial charge in [-0.25, -0.2) is 4.98 Å². The fourth-order valence-electron chi connectivity index (χ4n) is 0.927. The van der Waals surface area contributed by atoms with Crippen molar-refractivity contribution in [2.75, 3.05) is 0 Å². The Balaban J connectivity index is 2.61. The standard InChI is InChI=1S/C11H21NOSSi/c1-9-10(14-8-12-9)7-13-15(5,6)11(2,3)4/h8H,7H2,1-6H3. The van der Waals surface area contributed by atoms with E-state index in [-0.39, 0.29) is 5.04 Å². The summed E-state index contributed by atoms with van der Waals surface area (Å²) in [7, 11) is -1.61. The molecule has 0 unspecified atom stereocenters. The summed E-state index contributed by atoms with van der Waals surface area (Å²) in [5.74, 6) is 0. The Morgan fingerprint density at radius 1 is 1.40 bits per heavy atom. The monoisotopic (exact) mass is 243 g/mol. The van der Waals surface area contributed by atoms with Gasteiger partial charge in [-0.2, -0.15) is 0 Å². The van der Waals surface area contributed by atoms with Gasteiger partial charge in [-0.15, -0.1) is 11.3 Å². The molecule has 1 rings (SSSR count). The average molecular weight is 243 g/mol. The van der Waals surface area contributed by atoms with E-state index >= 15 is 0 Å². The van der Waals surface area contributed by atoms with Gasteiger partial charge < -0.3 is 4.43 Å². The quantitative estimate of drug-likeness (QED) is 0.749. The molecule has 0 atom stereocenters. The lowest BCUT2D eigenvalue weighted by Crippen LogP contribution is -2.40. The first-order valence-corrected chi connectivity index (χ1v) is 9.06. The first kappa shape index (κ1) is 12.9. The van der Waals surface area contributed by atoms with Crippen LogP contribution in [0.5, 0.6) is 0 Å². The molecule has 0 fully saturated rings. The Morgan fingerprint density at radius 2 is 2.00 bits per heavy atom. The van der Waals surface area contributed by atoms with E-state index in [1.807, 2.05) is 12.4 Å². The predicted molar refractivity (Wildman–Crippen MR) is 68.8 cm³/mol. The molecule has 2 nitrogen and oxygen atoms in total. The summed E-state index contributed by atoms with van der Waals surface area (Å²) in [5.41, 5.74) is 3.00. The normalized spacial score (nSPS) is 13.2. The van der Waals surface area contributed by atoms with Crippen molar-refractivity contribution < 1.29 is 4.43 Å². The van der Waals surface area contributed by atoms with Crippen LogP contribution in [0.1, 0.15) is 31.3 Å². The van der Waals surface area contributed by atoms with Crippen molar-refractivity contribution in [1.82, 2.24) is 4.98 Å². The molecular weight excluding hydrogens is 222 g/mol. The molecule has 1 aromatic heterocycles. The molecule has 0 radical (unpaired) electrons. The van der Waals surface area contributed by atoms with Gasteiger partial charge in [0, 0.05) is 0 Å². The van der Waals surface area contributed by atoms with Gasteiger partial charge in [-0.05, 0) is 25.1 Å². The molecule has 4 heteroatoms. The Kier molecular flexibility index (Phi) is 3.74. The van der Waals surface area contributed by atoms with Gasteiger partial charge in [0.1, 0.15) is 0 Å². The maximum atomic E-state index is 6.13. The zero-order valence-corrected chi connectivity index (χ0v) is 12.4. The van der Waals surface area contributed by atoms with E-state index in [9.17, 15) is 0 Å². The fraction of sp³-hybridized carbons (Fsp3) is 0.727. The smallest absolute Gasteiger partial charge is 0.192 e. The van der Waals surface area contributed by atoms with Crippen LogP contribution >= 0.6 is 11.3 Å². The van der Waals surface area contributed by atoms with Gasteiger partial charge in [-0.1, -0.05) is 20.8 Å². The highest BCUT2D eigenvalue weighted by Crippen LogP contribution is 2.37. The van der Waals surface area contributed by atoms with Crippen LogP contribution in [0.15, 0.2) is 5.51 Å². The topological polar surface area (TPSA) is 22.1 Å². The summed E-state index contributed by atoms with van der Waals surface area (Å²) in [5, 5.41) is 0.283. The molecule has 15 heavy (non-hydrogen) atoms. The molecule has 86 valence electrons. The Morgan fingerprint density at radius 3 is 2.40 bits per heavy atom. The molecule has 0 aromatic carbocycles. The zero-order chi connectivity index (χ0) is 11.7. The van der Waals surface area contributed by atoms with Crippen molar-refractivity contribution in [1.29, 1.82) is 0 Å². The van der Waals surface area contributed by atoms with Crippen LogP contribution in [-0.2, 0) is 11.0 Å². The number of hydrogen-bond donors (Lipinski definition) is 0. The third kappa shape index (κ3) is 3.13. The molecular formula is C11H21NOSSi. The number of thiazole rings is 1. The second-order valence-electron chi connectivity index (χ2n) is 5.41. The van der Waals surface area contributed by atoms with E-state index in [1.54, 1.807) is 11.3 Å². The second-order valence-corrected chi connectivity index (χ2v) is 11.2. The summed E-state index contributed by atoms with van der Waals surface area (Å²) >= 11 is 1.69. The van der Waals surface area contributed by atoms with Crippen molar-refractivity contribution in [3.8, 4) is 0 Å². The molecule has 0 aliphatic heterocycles. The van der Waals surface area contributed by atoms with Crippen molar-refractivity contribution in [3.05, 3.63) is 16.1 Å². The summed E-state index contributed by atoms with van der Waals surface area (Å²) in [6, 6.07) is 0. The van der Waals surface area contributed by atoms with Gasteiger partial charge in [0.15, 0.2) is 8.32 Å². The van der Waals surface area contributed by atoms with Crippen molar-refractivity contribution in [3.63, 3.8) is 0 Å². The molecule has 0 amide bonds. The number of nitrogens with zero attached hydrogens (tertiary/aromatic N) is 1. The minimum Gasteiger partial charge on any atom is -0.412 e. The van der Waals surface area contributed by atoms with Gasteiger partial charge >= 0.3 is 0 Å². The van der Waals surface area contributed by atoms with Gasteiger partial charge in [0.25, 0.3) is 0 Å².